The Morgan fingerprint density at radius 2 is 2.00 bits per heavy atom. The van der Waals surface area contributed by atoms with Gasteiger partial charge < -0.3 is 10.2 Å². The molecule has 2 aliphatic rings. The molecule has 1 unspecified atom stereocenters. The van der Waals surface area contributed by atoms with Crippen LogP contribution in [0, 0.1) is 0 Å². The average Bonchev–Trinajstić information content (AvgIpc) is 3.24. The van der Waals surface area contributed by atoms with E-state index in [1.165, 1.54) is 11.8 Å². The molecule has 0 bridgehead atoms. The fourth-order valence-electron chi connectivity index (χ4n) is 4.21. The predicted octanol–water partition coefficient (Wildman–Crippen LogP) is 2.27. The fraction of sp³-hybridized carbons (Fsp3) is 0.632. The van der Waals surface area contributed by atoms with Gasteiger partial charge in [0.25, 0.3) is 0 Å². The normalized spacial score (nSPS) is 26.9. The van der Waals surface area contributed by atoms with E-state index in [9.17, 15) is 8.42 Å². The van der Waals surface area contributed by atoms with Gasteiger partial charge in [-0.05, 0) is 24.8 Å². The first-order valence-corrected chi connectivity index (χ1v) is 11.2. The van der Waals surface area contributed by atoms with E-state index >= 15 is 0 Å². The van der Waals surface area contributed by atoms with E-state index in [0.717, 1.165) is 38.3 Å². The molecule has 2 heterocycles. The van der Waals surface area contributed by atoms with Gasteiger partial charge in [-0.15, -0.1) is 24.0 Å². The van der Waals surface area contributed by atoms with Crippen LogP contribution in [0.15, 0.2) is 35.3 Å². The molecule has 27 heavy (non-hydrogen) atoms. The number of halogens is 1. The van der Waals surface area contributed by atoms with Crippen LogP contribution in [-0.4, -0.2) is 69.1 Å². The van der Waals surface area contributed by atoms with E-state index < -0.39 is 10.0 Å². The zero-order valence-electron chi connectivity index (χ0n) is 16.4. The topological polar surface area (TPSA) is 65.0 Å². The van der Waals surface area contributed by atoms with Crippen LogP contribution < -0.4 is 5.32 Å². The second-order valence-electron chi connectivity index (χ2n) is 7.70. The van der Waals surface area contributed by atoms with Gasteiger partial charge >= 0.3 is 0 Å². The zero-order chi connectivity index (χ0) is 18.8. The number of aliphatic imine (C=N–C) groups is 1. The monoisotopic (exact) mass is 506 g/mol. The summed E-state index contributed by atoms with van der Waals surface area (Å²) in [5, 5.41) is 3.41. The quantitative estimate of drug-likeness (QED) is 0.387. The van der Waals surface area contributed by atoms with Crippen molar-refractivity contribution in [3.05, 3.63) is 35.9 Å². The van der Waals surface area contributed by atoms with Gasteiger partial charge in [-0.3, -0.25) is 4.99 Å². The minimum atomic E-state index is -3.14. The summed E-state index contributed by atoms with van der Waals surface area (Å²) in [6.45, 7) is 5.40. The highest BCUT2D eigenvalue weighted by Gasteiger charge is 2.37. The molecule has 0 amide bonds. The third-order valence-electron chi connectivity index (χ3n) is 5.70. The Labute approximate surface area is 180 Å². The van der Waals surface area contributed by atoms with Crippen LogP contribution >= 0.6 is 24.0 Å². The third-order valence-corrected chi connectivity index (χ3v) is 7.03. The van der Waals surface area contributed by atoms with Gasteiger partial charge in [0.15, 0.2) is 5.96 Å². The van der Waals surface area contributed by atoms with Crippen molar-refractivity contribution in [2.45, 2.75) is 37.6 Å². The van der Waals surface area contributed by atoms with Gasteiger partial charge in [0.2, 0.25) is 10.0 Å². The number of sulfonamides is 1. The Kier molecular flexibility index (Phi) is 7.54. The molecule has 3 rings (SSSR count). The summed E-state index contributed by atoms with van der Waals surface area (Å²) in [6, 6.07) is 10.6. The molecule has 8 heteroatoms. The molecule has 0 saturated carbocycles. The number of nitrogens with one attached hydrogen (secondary N) is 1. The summed E-state index contributed by atoms with van der Waals surface area (Å²) in [5.74, 6) is 0.866. The molecule has 1 aromatic rings. The summed E-state index contributed by atoms with van der Waals surface area (Å²) in [6.07, 6.45) is 4.20. The lowest BCUT2D eigenvalue weighted by atomic mass is 9.82. The van der Waals surface area contributed by atoms with E-state index in [4.69, 9.17) is 0 Å². The molecule has 1 aromatic carbocycles. The molecule has 0 spiro atoms. The van der Waals surface area contributed by atoms with E-state index in [2.05, 4.69) is 52.5 Å². The van der Waals surface area contributed by atoms with Gasteiger partial charge in [-0.25, -0.2) is 8.42 Å². The smallest absolute Gasteiger partial charge is 0.211 e. The average molecular weight is 506 g/mol. The van der Waals surface area contributed by atoms with Crippen molar-refractivity contribution >= 4 is 40.0 Å². The second kappa shape index (κ2) is 9.09. The first-order chi connectivity index (χ1) is 12.3. The largest absolute Gasteiger partial charge is 0.355 e. The van der Waals surface area contributed by atoms with Crippen LogP contribution in [0.2, 0.25) is 0 Å². The van der Waals surface area contributed by atoms with Gasteiger partial charge in [0, 0.05) is 44.7 Å². The van der Waals surface area contributed by atoms with Gasteiger partial charge in [0.1, 0.15) is 0 Å². The molecule has 0 aliphatic carbocycles. The summed E-state index contributed by atoms with van der Waals surface area (Å²) in [5.41, 5.74) is 1.47. The highest BCUT2D eigenvalue weighted by atomic mass is 127. The maximum atomic E-state index is 11.9. The molecular formula is C19H31IN4O2S. The Balaban J connectivity index is 0.00000261. The Hall–Kier alpha value is -0.870. The Morgan fingerprint density at radius 1 is 1.30 bits per heavy atom. The summed E-state index contributed by atoms with van der Waals surface area (Å²) in [4.78, 5) is 6.73. The number of guanidine groups is 1. The van der Waals surface area contributed by atoms with Crippen molar-refractivity contribution in [2.24, 2.45) is 4.99 Å². The van der Waals surface area contributed by atoms with Crippen molar-refractivity contribution in [2.75, 3.05) is 39.5 Å². The van der Waals surface area contributed by atoms with Gasteiger partial charge in [0.05, 0.1) is 6.26 Å². The number of hydrogen-bond donors (Lipinski definition) is 1. The van der Waals surface area contributed by atoms with Crippen LogP contribution in [0.1, 0.15) is 31.7 Å². The van der Waals surface area contributed by atoms with Crippen molar-refractivity contribution in [1.29, 1.82) is 0 Å². The van der Waals surface area contributed by atoms with E-state index in [1.54, 1.807) is 11.4 Å². The van der Waals surface area contributed by atoms with Crippen LogP contribution in [0.3, 0.4) is 0 Å². The lowest BCUT2D eigenvalue weighted by Crippen LogP contribution is -2.47. The molecule has 0 aromatic heterocycles. The van der Waals surface area contributed by atoms with Crippen molar-refractivity contribution in [1.82, 2.24) is 14.5 Å². The molecule has 2 saturated heterocycles. The van der Waals surface area contributed by atoms with Crippen LogP contribution in [-0.2, 0) is 15.4 Å². The molecule has 2 fully saturated rings. The minimum absolute atomic E-state index is 0. The van der Waals surface area contributed by atoms with Crippen LogP contribution in [0.5, 0.6) is 0 Å². The zero-order valence-corrected chi connectivity index (χ0v) is 19.5. The van der Waals surface area contributed by atoms with Crippen molar-refractivity contribution in [3.8, 4) is 0 Å². The molecule has 0 radical (unpaired) electrons. The molecule has 152 valence electrons. The SMILES string of the molecule is CN=C(NC[C@H]1CCCN1S(C)(=O)=O)N1CCC(C)(c2ccccc2)C1.I. The van der Waals surface area contributed by atoms with E-state index in [1.807, 2.05) is 0 Å². The van der Waals surface area contributed by atoms with E-state index in [-0.39, 0.29) is 35.4 Å². The van der Waals surface area contributed by atoms with Gasteiger partial charge in [-0.2, -0.15) is 4.31 Å². The number of nitrogens with zero attached hydrogens (tertiary/aromatic N) is 3. The number of likely N-dealkylation sites (tertiary alicyclic amines) is 1. The van der Waals surface area contributed by atoms with Crippen molar-refractivity contribution < 1.29 is 8.42 Å². The maximum Gasteiger partial charge on any atom is 0.211 e. The second-order valence-corrected chi connectivity index (χ2v) is 9.63. The Bertz CT molecular complexity index is 756. The predicted molar refractivity (Wildman–Crippen MR) is 121 cm³/mol. The molecule has 2 atom stereocenters. The molecular weight excluding hydrogens is 475 g/mol. The highest BCUT2D eigenvalue weighted by molar-refractivity contribution is 14.0. The highest BCUT2D eigenvalue weighted by Crippen LogP contribution is 2.34. The summed E-state index contributed by atoms with van der Waals surface area (Å²) < 4.78 is 25.4. The first kappa shape index (κ1) is 22.4. The Morgan fingerprint density at radius 3 is 2.63 bits per heavy atom. The molecule has 6 nitrogen and oxygen atoms in total. The first-order valence-electron chi connectivity index (χ1n) is 9.31. The molecule has 2 aliphatic heterocycles. The fourth-order valence-corrected chi connectivity index (χ4v) is 5.39. The van der Waals surface area contributed by atoms with Crippen LogP contribution in [0.4, 0.5) is 0 Å². The number of hydrogen-bond acceptors (Lipinski definition) is 3. The lowest BCUT2D eigenvalue weighted by molar-refractivity contribution is 0.378. The summed E-state index contributed by atoms with van der Waals surface area (Å²) >= 11 is 0. The van der Waals surface area contributed by atoms with Crippen LogP contribution in [0.25, 0.3) is 0 Å². The number of benzene rings is 1. The standard InChI is InChI=1S/C19H30N4O2S.HI/c1-19(16-8-5-4-6-9-16)11-13-22(15-19)18(20-2)21-14-17-10-7-12-23(17)26(3,24)25;/h4-6,8-9,17H,7,10-15H2,1-3H3,(H,20,21);1H/t17-,19?;/m1./s1. The lowest BCUT2D eigenvalue weighted by Gasteiger charge is -2.28. The van der Waals surface area contributed by atoms with Gasteiger partial charge in [-0.1, -0.05) is 37.3 Å². The van der Waals surface area contributed by atoms with Crippen molar-refractivity contribution in [3.63, 3.8) is 0 Å². The van der Waals surface area contributed by atoms with E-state index in [0.29, 0.717) is 13.1 Å². The third kappa shape index (κ3) is 5.14. The molecule has 1 N–H and O–H groups in total. The number of rotatable bonds is 4. The summed E-state index contributed by atoms with van der Waals surface area (Å²) in [7, 11) is -1.34. The minimum Gasteiger partial charge on any atom is -0.355 e. The maximum absolute atomic E-state index is 11.9.